The molecule has 1 fully saturated rings. The van der Waals surface area contributed by atoms with Crippen LogP contribution in [0.4, 0.5) is 0 Å². The molecular weight excluding hydrogens is 232 g/mol. The number of carbonyl (C=O) groups is 2. The molecule has 2 atom stereocenters. The third-order valence-corrected chi connectivity index (χ3v) is 3.62. The summed E-state index contributed by atoms with van der Waals surface area (Å²) < 4.78 is 0. The Morgan fingerprint density at radius 3 is 2.72 bits per heavy atom. The molecule has 2 unspecified atom stereocenters. The first kappa shape index (κ1) is 15.0. The number of rotatable bonds is 6. The molecule has 104 valence electrons. The molecule has 1 saturated heterocycles. The van der Waals surface area contributed by atoms with Gasteiger partial charge in [-0.15, -0.1) is 0 Å². The molecule has 0 aromatic heterocycles. The number of hydrogen-bond acceptors (Lipinski definition) is 3. The highest BCUT2D eigenvalue weighted by Gasteiger charge is 2.31. The van der Waals surface area contributed by atoms with Crippen LogP contribution in [0.3, 0.4) is 0 Å². The maximum absolute atomic E-state index is 12.1. The minimum atomic E-state index is -0.877. The largest absolute Gasteiger partial charge is 0.480 e. The molecule has 0 radical (unpaired) electrons. The second kappa shape index (κ2) is 7.36. The van der Waals surface area contributed by atoms with Crippen LogP contribution in [0.2, 0.25) is 0 Å². The fraction of sp³-hybridized carbons (Fsp3) is 0.846. The zero-order valence-corrected chi connectivity index (χ0v) is 11.1. The van der Waals surface area contributed by atoms with Crippen LogP contribution in [0.15, 0.2) is 0 Å². The lowest BCUT2D eigenvalue weighted by molar-refractivity contribution is -0.152. The van der Waals surface area contributed by atoms with Gasteiger partial charge in [0, 0.05) is 13.0 Å². The van der Waals surface area contributed by atoms with Gasteiger partial charge in [-0.05, 0) is 44.6 Å². The van der Waals surface area contributed by atoms with Gasteiger partial charge in [-0.1, -0.05) is 6.92 Å². The summed E-state index contributed by atoms with van der Waals surface area (Å²) in [7, 11) is 0. The van der Waals surface area contributed by atoms with Crippen molar-refractivity contribution in [2.45, 2.75) is 51.5 Å². The van der Waals surface area contributed by atoms with E-state index in [4.69, 9.17) is 10.8 Å². The van der Waals surface area contributed by atoms with Crippen LogP contribution in [-0.2, 0) is 9.59 Å². The van der Waals surface area contributed by atoms with Crippen LogP contribution in [0.1, 0.15) is 45.4 Å². The van der Waals surface area contributed by atoms with Gasteiger partial charge in [0.05, 0.1) is 0 Å². The quantitative estimate of drug-likeness (QED) is 0.748. The van der Waals surface area contributed by atoms with Gasteiger partial charge < -0.3 is 15.7 Å². The third-order valence-electron chi connectivity index (χ3n) is 3.62. The lowest BCUT2D eigenvalue weighted by atomic mass is 9.98. The maximum atomic E-state index is 12.1. The molecule has 1 aliphatic heterocycles. The monoisotopic (exact) mass is 256 g/mol. The minimum absolute atomic E-state index is 0.0222. The molecule has 0 saturated carbocycles. The van der Waals surface area contributed by atoms with Crippen molar-refractivity contribution in [2.75, 3.05) is 13.1 Å². The lowest BCUT2D eigenvalue weighted by Gasteiger charge is -2.33. The molecular formula is C13H24N2O3. The highest BCUT2D eigenvalue weighted by molar-refractivity contribution is 5.83. The summed E-state index contributed by atoms with van der Waals surface area (Å²) in [6.45, 7) is 3.29. The van der Waals surface area contributed by atoms with Crippen molar-refractivity contribution in [1.82, 2.24) is 4.90 Å². The van der Waals surface area contributed by atoms with Crippen LogP contribution in [0.25, 0.3) is 0 Å². The van der Waals surface area contributed by atoms with E-state index in [1.165, 1.54) is 0 Å². The number of amides is 1. The molecule has 0 aromatic rings. The van der Waals surface area contributed by atoms with Crippen LogP contribution in [-0.4, -0.2) is 41.0 Å². The molecule has 0 aliphatic carbocycles. The van der Waals surface area contributed by atoms with Crippen molar-refractivity contribution in [3.8, 4) is 0 Å². The predicted octanol–water partition coefficient (Wildman–Crippen LogP) is 1.22. The molecule has 5 nitrogen and oxygen atoms in total. The zero-order chi connectivity index (χ0) is 13.5. The number of carboxylic acid groups (broad SMARTS) is 1. The predicted molar refractivity (Wildman–Crippen MR) is 69.1 cm³/mol. The van der Waals surface area contributed by atoms with Gasteiger partial charge in [-0.3, -0.25) is 4.79 Å². The average molecular weight is 256 g/mol. The lowest BCUT2D eigenvalue weighted by Crippen LogP contribution is -2.48. The van der Waals surface area contributed by atoms with Crippen molar-refractivity contribution >= 4 is 11.9 Å². The Labute approximate surface area is 108 Å². The van der Waals surface area contributed by atoms with E-state index < -0.39 is 12.0 Å². The zero-order valence-electron chi connectivity index (χ0n) is 11.1. The Morgan fingerprint density at radius 1 is 1.39 bits per heavy atom. The van der Waals surface area contributed by atoms with Gasteiger partial charge in [0.1, 0.15) is 6.04 Å². The van der Waals surface area contributed by atoms with Crippen molar-refractivity contribution in [2.24, 2.45) is 11.7 Å². The summed E-state index contributed by atoms with van der Waals surface area (Å²) in [6, 6.07) is -0.615. The van der Waals surface area contributed by atoms with E-state index in [1.54, 1.807) is 4.90 Å². The summed E-state index contributed by atoms with van der Waals surface area (Å²) in [4.78, 5) is 24.7. The van der Waals surface area contributed by atoms with Crippen LogP contribution in [0, 0.1) is 5.92 Å². The smallest absolute Gasteiger partial charge is 0.326 e. The molecule has 1 amide bonds. The number of carbonyl (C=O) groups excluding carboxylic acids is 1. The standard InChI is InChI=1S/C13H24N2O3/c1-10(7-8-14)5-6-12(16)15-9-3-2-4-11(15)13(17)18/h10-11H,2-9,14H2,1H3,(H,17,18). The van der Waals surface area contributed by atoms with Crippen molar-refractivity contribution < 1.29 is 14.7 Å². The number of nitrogens with two attached hydrogens (primary N) is 1. The molecule has 18 heavy (non-hydrogen) atoms. The van der Waals surface area contributed by atoms with Gasteiger partial charge in [0.25, 0.3) is 0 Å². The molecule has 1 aliphatic rings. The van der Waals surface area contributed by atoms with Crippen LogP contribution in [0.5, 0.6) is 0 Å². The van der Waals surface area contributed by atoms with Crippen molar-refractivity contribution in [1.29, 1.82) is 0 Å². The van der Waals surface area contributed by atoms with E-state index in [1.807, 2.05) is 0 Å². The van der Waals surface area contributed by atoms with E-state index in [-0.39, 0.29) is 5.91 Å². The number of carboxylic acids is 1. The van der Waals surface area contributed by atoms with Gasteiger partial charge in [0.2, 0.25) is 5.91 Å². The van der Waals surface area contributed by atoms with E-state index in [0.29, 0.717) is 31.8 Å². The molecule has 0 aromatic carbocycles. The maximum Gasteiger partial charge on any atom is 0.326 e. The topological polar surface area (TPSA) is 83.6 Å². The summed E-state index contributed by atoms with van der Waals surface area (Å²) >= 11 is 0. The molecule has 0 spiro atoms. The summed E-state index contributed by atoms with van der Waals surface area (Å²) in [5, 5.41) is 9.11. The average Bonchev–Trinajstić information content (AvgIpc) is 2.36. The molecule has 5 heteroatoms. The van der Waals surface area contributed by atoms with Gasteiger partial charge in [-0.25, -0.2) is 4.79 Å². The first-order valence-electron chi connectivity index (χ1n) is 6.78. The van der Waals surface area contributed by atoms with E-state index in [2.05, 4.69) is 6.92 Å². The summed E-state index contributed by atoms with van der Waals surface area (Å²) in [6.07, 6.45) is 4.52. The second-order valence-corrected chi connectivity index (χ2v) is 5.16. The number of aliphatic carboxylic acids is 1. The second-order valence-electron chi connectivity index (χ2n) is 5.16. The third kappa shape index (κ3) is 4.29. The molecule has 3 N–H and O–H groups in total. The highest BCUT2D eigenvalue weighted by atomic mass is 16.4. The number of piperidine rings is 1. The van der Waals surface area contributed by atoms with Gasteiger partial charge >= 0.3 is 5.97 Å². The number of nitrogens with zero attached hydrogens (tertiary/aromatic N) is 1. The first-order chi connectivity index (χ1) is 8.56. The summed E-state index contributed by atoms with van der Waals surface area (Å²) in [5.41, 5.74) is 5.47. The minimum Gasteiger partial charge on any atom is -0.480 e. The van der Waals surface area contributed by atoms with Crippen molar-refractivity contribution in [3.63, 3.8) is 0 Å². The number of likely N-dealkylation sites (tertiary alicyclic amines) is 1. The SMILES string of the molecule is CC(CCN)CCC(=O)N1CCCCC1C(=O)O. The number of hydrogen-bond donors (Lipinski definition) is 2. The highest BCUT2D eigenvalue weighted by Crippen LogP contribution is 2.20. The fourth-order valence-electron chi connectivity index (χ4n) is 2.43. The Kier molecular flexibility index (Phi) is 6.12. The van der Waals surface area contributed by atoms with Gasteiger partial charge in [0.15, 0.2) is 0 Å². The Hall–Kier alpha value is -1.10. The fourth-order valence-corrected chi connectivity index (χ4v) is 2.43. The van der Waals surface area contributed by atoms with Crippen LogP contribution < -0.4 is 5.73 Å². The molecule has 1 rings (SSSR count). The molecule has 0 bridgehead atoms. The first-order valence-corrected chi connectivity index (χ1v) is 6.78. The van der Waals surface area contributed by atoms with E-state index in [0.717, 1.165) is 25.7 Å². The Morgan fingerprint density at radius 2 is 2.11 bits per heavy atom. The Balaban J connectivity index is 2.45. The Bertz CT molecular complexity index is 294. The van der Waals surface area contributed by atoms with Crippen LogP contribution >= 0.6 is 0 Å². The normalized spacial score (nSPS) is 21.7. The van der Waals surface area contributed by atoms with Gasteiger partial charge in [-0.2, -0.15) is 0 Å². The molecule has 1 heterocycles. The summed E-state index contributed by atoms with van der Waals surface area (Å²) in [5.74, 6) is -0.476. The van der Waals surface area contributed by atoms with Crippen molar-refractivity contribution in [3.05, 3.63) is 0 Å². The van der Waals surface area contributed by atoms with E-state index in [9.17, 15) is 9.59 Å². The van der Waals surface area contributed by atoms with E-state index >= 15 is 0 Å².